The summed E-state index contributed by atoms with van der Waals surface area (Å²) < 4.78 is 5.93. The van der Waals surface area contributed by atoms with E-state index in [0.29, 0.717) is 12.2 Å². The van der Waals surface area contributed by atoms with Crippen LogP contribution in [-0.4, -0.2) is 28.9 Å². The fraction of sp³-hybridized carbons (Fsp3) is 0.400. The molecule has 0 bridgehead atoms. The van der Waals surface area contributed by atoms with Crippen molar-refractivity contribution in [1.29, 1.82) is 0 Å². The van der Waals surface area contributed by atoms with E-state index in [0.717, 1.165) is 34.9 Å². The van der Waals surface area contributed by atoms with Gasteiger partial charge in [0.2, 0.25) is 0 Å². The van der Waals surface area contributed by atoms with E-state index in [2.05, 4.69) is 12.2 Å². The number of fused-ring (bicyclic) bond motifs is 1. The topological polar surface area (TPSA) is 58.6 Å². The predicted octanol–water partition coefficient (Wildman–Crippen LogP) is 7.34. The fourth-order valence-electron chi connectivity index (χ4n) is 4.12. The molecule has 1 N–H and O–H groups in total. The molecule has 5 heteroatoms. The molecule has 0 aliphatic rings. The van der Waals surface area contributed by atoms with Gasteiger partial charge < -0.3 is 10.1 Å². The molecule has 0 heterocycles. The van der Waals surface area contributed by atoms with Gasteiger partial charge in [-0.3, -0.25) is 9.69 Å². The van der Waals surface area contributed by atoms with Crippen LogP contribution < -0.4 is 10.1 Å². The maximum atomic E-state index is 13.3. The number of carbonyl (C=O) groups is 2. The second kappa shape index (κ2) is 12.9. The second-order valence-corrected chi connectivity index (χ2v) is 9.47. The van der Waals surface area contributed by atoms with E-state index < -0.39 is 0 Å². The number of hydrogen-bond acceptors (Lipinski definition) is 3. The first-order valence-electron chi connectivity index (χ1n) is 12.7. The molecule has 1 atom stereocenters. The molecule has 186 valence electrons. The third-order valence-electron chi connectivity index (χ3n) is 6.12. The summed E-state index contributed by atoms with van der Waals surface area (Å²) in [6.07, 6.45) is 5.55. The Hall–Kier alpha value is -3.34. The van der Waals surface area contributed by atoms with E-state index in [9.17, 15) is 9.59 Å². The second-order valence-electron chi connectivity index (χ2n) is 9.47. The Labute approximate surface area is 209 Å². The van der Waals surface area contributed by atoms with Gasteiger partial charge in [0.15, 0.2) is 0 Å². The molecule has 1 unspecified atom stereocenters. The summed E-state index contributed by atoms with van der Waals surface area (Å²) in [6.45, 7) is 8.41. The maximum Gasteiger partial charge on any atom is 0.324 e. The van der Waals surface area contributed by atoms with Crippen molar-refractivity contribution in [1.82, 2.24) is 10.2 Å². The molecule has 3 aromatic carbocycles. The van der Waals surface area contributed by atoms with Crippen molar-refractivity contribution in [3.05, 3.63) is 77.9 Å². The Kier molecular flexibility index (Phi) is 9.71. The van der Waals surface area contributed by atoms with Crippen LogP contribution in [0, 0.1) is 0 Å². The normalized spacial score (nSPS) is 11.9. The molecule has 0 radical (unpaired) electrons. The molecular formula is C30H38N2O3. The Morgan fingerprint density at radius 2 is 1.60 bits per heavy atom. The van der Waals surface area contributed by atoms with Crippen molar-refractivity contribution >= 4 is 22.7 Å². The van der Waals surface area contributed by atoms with Crippen molar-refractivity contribution in [2.75, 3.05) is 0 Å². The summed E-state index contributed by atoms with van der Waals surface area (Å²) in [5.74, 6) is 0.485. The van der Waals surface area contributed by atoms with Gasteiger partial charge >= 0.3 is 6.03 Å². The van der Waals surface area contributed by atoms with Crippen LogP contribution in [-0.2, 0) is 6.61 Å². The van der Waals surface area contributed by atoms with E-state index in [1.54, 1.807) is 6.07 Å². The van der Waals surface area contributed by atoms with Gasteiger partial charge in [-0.2, -0.15) is 0 Å². The number of benzene rings is 3. The number of carbonyl (C=O) groups excluding carboxylic acids is 2. The summed E-state index contributed by atoms with van der Waals surface area (Å²) in [4.78, 5) is 27.6. The van der Waals surface area contributed by atoms with Crippen LogP contribution >= 0.6 is 0 Å². The molecule has 0 aromatic heterocycles. The van der Waals surface area contributed by atoms with Crippen LogP contribution in [0.25, 0.3) is 10.8 Å². The number of nitrogens with zero attached hydrogens (tertiary/aromatic N) is 1. The molecule has 5 nitrogen and oxygen atoms in total. The highest BCUT2D eigenvalue weighted by atomic mass is 16.5. The van der Waals surface area contributed by atoms with Crippen molar-refractivity contribution in [2.45, 2.75) is 78.5 Å². The molecule has 0 fully saturated rings. The summed E-state index contributed by atoms with van der Waals surface area (Å²) in [7, 11) is 0. The number of imide groups is 1. The first-order chi connectivity index (χ1) is 16.9. The lowest BCUT2D eigenvalue weighted by atomic mass is 10.1. The minimum Gasteiger partial charge on any atom is -0.489 e. The highest BCUT2D eigenvalue weighted by Gasteiger charge is 2.26. The summed E-state index contributed by atoms with van der Waals surface area (Å²) >= 11 is 0. The van der Waals surface area contributed by atoms with Crippen LogP contribution in [0.4, 0.5) is 4.79 Å². The smallest absolute Gasteiger partial charge is 0.324 e. The van der Waals surface area contributed by atoms with Crippen LogP contribution in [0.15, 0.2) is 66.7 Å². The van der Waals surface area contributed by atoms with Gasteiger partial charge in [0.1, 0.15) is 12.4 Å². The molecule has 0 aliphatic carbocycles. The zero-order valence-electron chi connectivity index (χ0n) is 21.4. The van der Waals surface area contributed by atoms with E-state index in [4.69, 9.17) is 4.74 Å². The zero-order chi connectivity index (χ0) is 25.2. The number of urea groups is 1. The minimum atomic E-state index is -0.335. The molecule has 0 aliphatic heterocycles. The van der Waals surface area contributed by atoms with Gasteiger partial charge in [-0.15, -0.1) is 0 Å². The zero-order valence-corrected chi connectivity index (χ0v) is 21.4. The molecule has 0 saturated heterocycles. The third kappa shape index (κ3) is 7.57. The lowest BCUT2D eigenvalue weighted by Crippen LogP contribution is -2.50. The van der Waals surface area contributed by atoms with Gasteiger partial charge in [0.05, 0.1) is 0 Å². The number of amides is 3. The lowest BCUT2D eigenvalue weighted by molar-refractivity contribution is 0.0759. The fourth-order valence-corrected chi connectivity index (χ4v) is 4.12. The van der Waals surface area contributed by atoms with E-state index in [1.165, 1.54) is 24.2 Å². The number of unbranched alkanes of at least 4 members (excludes halogenated alkanes) is 3. The van der Waals surface area contributed by atoms with Crippen LogP contribution in [0.2, 0.25) is 0 Å². The SMILES string of the molecule is CCCCCCC(C)NC(=O)N(C(=O)c1ccc2cc(OCc3ccccc3)ccc2c1)C(C)C. The van der Waals surface area contributed by atoms with E-state index in [1.807, 2.05) is 81.4 Å². The van der Waals surface area contributed by atoms with Gasteiger partial charge in [-0.1, -0.05) is 75.1 Å². The molecule has 35 heavy (non-hydrogen) atoms. The van der Waals surface area contributed by atoms with Gasteiger partial charge in [0, 0.05) is 17.6 Å². The Morgan fingerprint density at radius 3 is 2.31 bits per heavy atom. The molecule has 0 spiro atoms. The van der Waals surface area contributed by atoms with Crippen LogP contribution in [0.1, 0.15) is 75.7 Å². The summed E-state index contributed by atoms with van der Waals surface area (Å²) in [5, 5.41) is 4.92. The quantitative estimate of drug-likeness (QED) is 0.296. The van der Waals surface area contributed by atoms with Gasteiger partial charge in [-0.25, -0.2) is 4.79 Å². The highest BCUT2D eigenvalue weighted by molar-refractivity contribution is 6.06. The first kappa shape index (κ1) is 26.3. The predicted molar refractivity (Wildman–Crippen MR) is 143 cm³/mol. The van der Waals surface area contributed by atoms with Crippen molar-refractivity contribution < 1.29 is 14.3 Å². The standard InChI is InChI=1S/C30H38N2O3/c1-5-6-7-9-12-23(4)31-30(34)32(22(2)3)29(33)27-16-15-26-20-28(18-17-25(26)19-27)35-21-24-13-10-8-11-14-24/h8,10-11,13-20,22-23H,5-7,9,12,21H2,1-4H3,(H,31,34). The molecule has 3 aromatic rings. The lowest BCUT2D eigenvalue weighted by Gasteiger charge is -2.27. The Bertz CT molecular complexity index is 1110. The van der Waals surface area contributed by atoms with Crippen molar-refractivity contribution in [2.24, 2.45) is 0 Å². The molecule has 3 amide bonds. The molecule has 3 rings (SSSR count). The van der Waals surface area contributed by atoms with Crippen molar-refractivity contribution in [3.8, 4) is 5.75 Å². The third-order valence-corrected chi connectivity index (χ3v) is 6.12. The number of ether oxygens (including phenoxy) is 1. The average Bonchev–Trinajstić information content (AvgIpc) is 2.85. The minimum absolute atomic E-state index is 0.0271. The largest absolute Gasteiger partial charge is 0.489 e. The number of hydrogen-bond donors (Lipinski definition) is 1. The highest BCUT2D eigenvalue weighted by Crippen LogP contribution is 2.24. The van der Waals surface area contributed by atoms with Crippen LogP contribution in [0.5, 0.6) is 5.75 Å². The van der Waals surface area contributed by atoms with Crippen LogP contribution in [0.3, 0.4) is 0 Å². The molecular weight excluding hydrogens is 436 g/mol. The Balaban J connectivity index is 1.67. The van der Waals surface area contributed by atoms with E-state index in [-0.39, 0.29) is 24.0 Å². The molecule has 0 saturated carbocycles. The summed E-state index contributed by atoms with van der Waals surface area (Å²) in [5.41, 5.74) is 1.60. The van der Waals surface area contributed by atoms with E-state index >= 15 is 0 Å². The maximum absolute atomic E-state index is 13.3. The van der Waals surface area contributed by atoms with Gasteiger partial charge in [-0.05, 0) is 67.8 Å². The monoisotopic (exact) mass is 474 g/mol. The Morgan fingerprint density at radius 1 is 0.886 bits per heavy atom. The summed E-state index contributed by atoms with van der Waals surface area (Å²) in [6, 6.07) is 20.8. The van der Waals surface area contributed by atoms with Gasteiger partial charge in [0.25, 0.3) is 5.91 Å². The number of nitrogens with one attached hydrogen (secondary N) is 1. The first-order valence-corrected chi connectivity index (χ1v) is 12.7. The number of rotatable bonds is 11. The average molecular weight is 475 g/mol. The van der Waals surface area contributed by atoms with Crippen molar-refractivity contribution in [3.63, 3.8) is 0 Å².